The molecular weight excluding hydrogens is 250 g/mol. The molecule has 1 aliphatic rings. The van der Waals surface area contributed by atoms with Crippen LogP contribution in [0.1, 0.15) is 49.8 Å². The van der Waals surface area contributed by atoms with E-state index in [2.05, 4.69) is 43.0 Å². The fraction of sp³-hybridized carbons (Fsp3) is 0.588. The van der Waals surface area contributed by atoms with Crippen LogP contribution in [0.15, 0.2) is 24.3 Å². The highest BCUT2D eigenvalue weighted by atomic mass is 16.4. The Morgan fingerprint density at radius 1 is 1.30 bits per heavy atom. The molecule has 1 saturated heterocycles. The van der Waals surface area contributed by atoms with Gasteiger partial charge in [0.05, 0.1) is 0 Å². The topological polar surface area (TPSA) is 40.5 Å². The van der Waals surface area contributed by atoms with E-state index in [9.17, 15) is 4.79 Å². The van der Waals surface area contributed by atoms with E-state index in [1.165, 1.54) is 11.1 Å². The molecule has 1 aromatic carbocycles. The molecule has 1 aromatic rings. The van der Waals surface area contributed by atoms with E-state index in [0.717, 1.165) is 32.4 Å². The van der Waals surface area contributed by atoms with E-state index < -0.39 is 5.97 Å². The first kappa shape index (κ1) is 15.0. The molecule has 0 amide bonds. The summed E-state index contributed by atoms with van der Waals surface area (Å²) >= 11 is 0. The van der Waals surface area contributed by atoms with Crippen molar-refractivity contribution in [3.05, 3.63) is 35.4 Å². The Morgan fingerprint density at radius 3 is 2.40 bits per heavy atom. The standard InChI is InChI=1S/C17H25NO2/c1-3-16(15-6-4-13(2)5-7-15)18-10-8-14(9-11-18)12-17(19)20/h4-7,14,16H,3,8-12H2,1-2H3,(H,19,20). The van der Waals surface area contributed by atoms with E-state index in [1.807, 2.05) is 0 Å². The van der Waals surface area contributed by atoms with Crippen LogP contribution in [0.2, 0.25) is 0 Å². The van der Waals surface area contributed by atoms with Crippen molar-refractivity contribution in [2.75, 3.05) is 13.1 Å². The van der Waals surface area contributed by atoms with E-state index >= 15 is 0 Å². The van der Waals surface area contributed by atoms with Crippen LogP contribution in [0.5, 0.6) is 0 Å². The quantitative estimate of drug-likeness (QED) is 0.892. The summed E-state index contributed by atoms with van der Waals surface area (Å²) in [5, 5.41) is 8.88. The molecule has 2 rings (SSSR count). The second kappa shape index (κ2) is 6.89. The third-order valence-corrected chi connectivity index (χ3v) is 4.40. The maximum Gasteiger partial charge on any atom is 0.303 e. The van der Waals surface area contributed by atoms with E-state index in [1.54, 1.807) is 0 Å². The first-order chi connectivity index (χ1) is 9.60. The number of carboxylic acids is 1. The van der Waals surface area contributed by atoms with Crippen LogP contribution >= 0.6 is 0 Å². The van der Waals surface area contributed by atoms with Crippen molar-refractivity contribution in [1.82, 2.24) is 4.90 Å². The molecule has 20 heavy (non-hydrogen) atoms. The van der Waals surface area contributed by atoms with Crippen LogP contribution in [0, 0.1) is 12.8 Å². The van der Waals surface area contributed by atoms with Gasteiger partial charge in [-0.1, -0.05) is 36.8 Å². The molecule has 1 fully saturated rings. The van der Waals surface area contributed by atoms with Gasteiger partial charge in [0, 0.05) is 12.5 Å². The average molecular weight is 275 g/mol. The maximum atomic E-state index is 10.8. The van der Waals surface area contributed by atoms with Crippen LogP contribution in [-0.2, 0) is 4.79 Å². The predicted molar refractivity (Wildman–Crippen MR) is 80.8 cm³/mol. The summed E-state index contributed by atoms with van der Waals surface area (Å²) in [6.45, 7) is 6.38. The minimum absolute atomic E-state index is 0.329. The molecule has 1 atom stereocenters. The van der Waals surface area contributed by atoms with E-state index in [0.29, 0.717) is 18.4 Å². The number of carbonyl (C=O) groups is 1. The van der Waals surface area contributed by atoms with Crippen molar-refractivity contribution in [2.45, 2.75) is 45.6 Å². The third kappa shape index (κ3) is 3.83. The lowest BCUT2D eigenvalue weighted by Crippen LogP contribution is -2.37. The normalized spacial score (nSPS) is 18.9. The molecule has 3 nitrogen and oxygen atoms in total. The molecule has 1 aliphatic heterocycles. The first-order valence-electron chi connectivity index (χ1n) is 7.62. The lowest BCUT2D eigenvalue weighted by Gasteiger charge is -2.37. The van der Waals surface area contributed by atoms with Crippen molar-refractivity contribution < 1.29 is 9.90 Å². The fourth-order valence-corrected chi connectivity index (χ4v) is 3.21. The van der Waals surface area contributed by atoms with Crippen LogP contribution < -0.4 is 0 Å². The number of likely N-dealkylation sites (tertiary alicyclic amines) is 1. The van der Waals surface area contributed by atoms with Gasteiger partial charge in [0.15, 0.2) is 0 Å². The number of piperidine rings is 1. The Balaban J connectivity index is 1.96. The molecule has 0 radical (unpaired) electrons. The van der Waals surface area contributed by atoms with Gasteiger partial charge in [0.1, 0.15) is 0 Å². The van der Waals surface area contributed by atoms with Crippen LogP contribution in [0.3, 0.4) is 0 Å². The Kier molecular flexibility index (Phi) is 5.18. The van der Waals surface area contributed by atoms with Crippen molar-refractivity contribution in [3.63, 3.8) is 0 Å². The SMILES string of the molecule is CCC(c1ccc(C)cc1)N1CCC(CC(=O)O)CC1. The lowest BCUT2D eigenvalue weighted by atomic mass is 9.91. The molecule has 1 heterocycles. The Bertz CT molecular complexity index is 433. The zero-order valence-electron chi connectivity index (χ0n) is 12.5. The first-order valence-corrected chi connectivity index (χ1v) is 7.62. The van der Waals surface area contributed by atoms with Gasteiger partial charge in [-0.05, 0) is 50.8 Å². The monoisotopic (exact) mass is 275 g/mol. The number of hydrogen-bond donors (Lipinski definition) is 1. The average Bonchev–Trinajstić information content (AvgIpc) is 2.43. The highest BCUT2D eigenvalue weighted by Gasteiger charge is 2.26. The second-order valence-corrected chi connectivity index (χ2v) is 5.91. The summed E-state index contributed by atoms with van der Waals surface area (Å²) in [5.74, 6) is -0.298. The fourth-order valence-electron chi connectivity index (χ4n) is 3.21. The third-order valence-electron chi connectivity index (χ3n) is 4.40. The van der Waals surface area contributed by atoms with Gasteiger partial charge in [0.2, 0.25) is 0 Å². The summed E-state index contributed by atoms with van der Waals surface area (Å²) in [6, 6.07) is 9.28. The predicted octanol–water partition coefficient (Wildman–Crippen LogP) is 3.63. The molecule has 0 saturated carbocycles. The maximum absolute atomic E-state index is 10.8. The zero-order valence-corrected chi connectivity index (χ0v) is 12.5. The van der Waals surface area contributed by atoms with Crippen molar-refractivity contribution >= 4 is 5.97 Å². The summed E-state index contributed by atoms with van der Waals surface area (Å²) < 4.78 is 0. The second-order valence-electron chi connectivity index (χ2n) is 5.91. The van der Waals surface area contributed by atoms with Gasteiger partial charge >= 0.3 is 5.97 Å². The van der Waals surface area contributed by atoms with Crippen LogP contribution in [0.25, 0.3) is 0 Å². The number of nitrogens with zero attached hydrogens (tertiary/aromatic N) is 1. The lowest BCUT2D eigenvalue weighted by molar-refractivity contribution is -0.138. The number of rotatable bonds is 5. The molecular formula is C17H25NO2. The van der Waals surface area contributed by atoms with Crippen molar-refractivity contribution in [1.29, 1.82) is 0 Å². The van der Waals surface area contributed by atoms with Crippen molar-refractivity contribution in [3.8, 4) is 0 Å². The molecule has 1 N–H and O–H groups in total. The van der Waals surface area contributed by atoms with Crippen LogP contribution in [0.4, 0.5) is 0 Å². The molecule has 0 bridgehead atoms. The number of aryl methyl sites for hydroxylation is 1. The minimum Gasteiger partial charge on any atom is -0.481 e. The van der Waals surface area contributed by atoms with Gasteiger partial charge in [0.25, 0.3) is 0 Å². The molecule has 110 valence electrons. The Labute approximate surface area is 121 Å². The summed E-state index contributed by atoms with van der Waals surface area (Å²) in [5.41, 5.74) is 2.68. The highest BCUT2D eigenvalue weighted by molar-refractivity contribution is 5.67. The number of benzene rings is 1. The van der Waals surface area contributed by atoms with Crippen molar-refractivity contribution in [2.24, 2.45) is 5.92 Å². The van der Waals surface area contributed by atoms with Gasteiger partial charge in [-0.25, -0.2) is 0 Å². The largest absolute Gasteiger partial charge is 0.481 e. The zero-order chi connectivity index (χ0) is 14.5. The highest BCUT2D eigenvalue weighted by Crippen LogP contribution is 2.30. The molecule has 1 unspecified atom stereocenters. The summed E-state index contributed by atoms with van der Waals surface area (Å²) in [4.78, 5) is 13.3. The van der Waals surface area contributed by atoms with Crippen LogP contribution in [-0.4, -0.2) is 29.1 Å². The Morgan fingerprint density at radius 2 is 1.90 bits per heavy atom. The molecule has 0 aliphatic carbocycles. The number of carboxylic acid groups (broad SMARTS) is 1. The minimum atomic E-state index is -0.658. The summed E-state index contributed by atoms with van der Waals surface area (Å²) in [6.07, 6.45) is 3.45. The number of aliphatic carboxylic acids is 1. The van der Waals surface area contributed by atoms with Gasteiger partial charge in [-0.15, -0.1) is 0 Å². The van der Waals surface area contributed by atoms with Gasteiger partial charge in [-0.3, -0.25) is 9.69 Å². The Hall–Kier alpha value is -1.35. The number of hydrogen-bond acceptors (Lipinski definition) is 2. The molecule has 0 aromatic heterocycles. The molecule has 0 spiro atoms. The van der Waals surface area contributed by atoms with E-state index in [-0.39, 0.29) is 0 Å². The van der Waals surface area contributed by atoms with Gasteiger partial charge in [-0.2, -0.15) is 0 Å². The summed E-state index contributed by atoms with van der Waals surface area (Å²) in [7, 11) is 0. The smallest absolute Gasteiger partial charge is 0.303 e. The van der Waals surface area contributed by atoms with E-state index in [4.69, 9.17) is 5.11 Å². The molecule has 3 heteroatoms. The van der Waals surface area contributed by atoms with Gasteiger partial charge < -0.3 is 5.11 Å².